The van der Waals surface area contributed by atoms with E-state index in [1.165, 1.54) is 0 Å². The largest absolute Gasteiger partial charge is 0.394 e. The average molecular weight is 240 g/mol. The normalized spacial score (nSPS) is 11.4. The molecule has 6 heteroatoms. The molecule has 1 aromatic heterocycles. The highest BCUT2D eigenvalue weighted by molar-refractivity contribution is 5.48. The van der Waals surface area contributed by atoms with Gasteiger partial charge in [0.05, 0.1) is 18.8 Å². The highest BCUT2D eigenvalue weighted by Gasteiger charge is 2.26. The molecule has 0 atom stereocenters. The van der Waals surface area contributed by atoms with Gasteiger partial charge in [-0.25, -0.2) is 9.97 Å². The molecule has 0 saturated heterocycles. The maximum Gasteiger partial charge on any atom is 0.132 e. The topological polar surface area (TPSA) is 90.3 Å². The van der Waals surface area contributed by atoms with Gasteiger partial charge < -0.3 is 20.8 Å². The summed E-state index contributed by atoms with van der Waals surface area (Å²) in [6, 6.07) is 1.74. The third kappa shape index (κ3) is 3.28. The Balaban J connectivity index is 2.96. The van der Waals surface area contributed by atoms with E-state index in [0.29, 0.717) is 23.9 Å². The molecular weight excluding hydrogens is 220 g/mol. The van der Waals surface area contributed by atoms with Crippen LogP contribution in [0.15, 0.2) is 6.07 Å². The lowest BCUT2D eigenvalue weighted by atomic mass is 9.98. The SMILES string of the molecule is CCC(CO)(CO)Nc1cc(NC)nc(C)n1. The van der Waals surface area contributed by atoms with Crippen molar-refractivity contribution >= 4 is 11.6 Å². The minimum atomic E-state index is -0.744. The van der Waals surface area contributed by atoms with Gasteiger partial charge in [-0.2, -0.15) is 0 Å². The van der Waals surface area contributed by atoms with E-state index in [2.05, 4.69) is 20.6 Å². The fraction of sp³-hybridized carbons (Fsp3) is 0.636. The van der Waals surface area contributed by atoms with Crippen molar-refractivity contribution in [1.82, 2.24) is 9.97 Å². The molecule has 0 unspecified atom stereocenters. The Morgan fingerprint density at radius 2 is 1.82 bits per heavy atom. The number of rotatable bonds is 6. The molecule has 0 saturated carbocycles. The standard InChI is InChI=1S/C11H20N4O2/c1-4-11(6-16,7-17)15-10-5-9(12-3)13-8(2)14-10/h5,16-17H,4,6-7H2,1-3H3,(H2,12,13,14,15). The first-order chi connectivity index (χ1) is 8.09. The summed E-state index contributed by atoms with van der Waals surface area (Å²) < 4.78 is 0. The highest BCUT2D eigenvalue weighted by Crippen LogP contribution is 2.18. The Bertz CT molecular complexity index is 358. The Morgan fingerprint density at radius 3 is 2.29 bits per heavy atom. The molecule has 4 N–H and O–H groups in total. The fourth-order valence-corrected chi connectivity index (χ4v) is 1.47. The summed E-state index contributed by atoms with van der Waals surface area (Å²) in [5, 5.41) is 24.7. The van der Waals surface area contributed by atoms with Crippen molar-refractivity contribution in [2.24, 2.45) is 0 Å². The van der Waals surface area contributed by atoms with Gasteiger partial charge in [0.2, 0.25) is 0 Å². The molecule has 0 radical (unpaired) electrons. The molecule has 1 rings (SSSR count). The number of aliphatic hydroxyl groups is 2. The Kier molecular flexibility index (Phi) is 4.65. The molecule has 17 heavy (non-hydrogen) atoms. The van der Waals surface area contributed by atoms with Crippen molar-refractivity contribution in [3.05, 3.63) is 11.9 Å². The first-order valence-corrected chi connectivity index (χ1v) is 5.62. The third-order valence-corrected chi connectivity index (χ3v) is 2.77. The number of aromatic nitrogens is 2. The van der Waals surface area contributed by atoms with Gasteiger partial charge >= 0.3 is 0 Å². The highest BCUT2D eigenvalue weighted by atomic mass is 16.3. The van der Waals surface area contributed by atoms with Crippen molar-refractivity contribution in [2.75, 3.05) is 30.9 Å². The van der Waals surface area contributed by atoms with Crippen molar-refractivity contribution in [2.45, 2.75) is 25.8 Å². The van der Waals surface area contributed by atoms with Gasteiger partial charge in [-0.15, -0.1) is 0 Å². The molecule has 96 valence electrons. The van der Waals surface area contributed by atoms with E-state index in [0.717, 1.165) is 0 Å². The lowest BCUT2D eigenvalue weighted by Gasteiger charge is -2.30. The van der Waals surface area contributed by atoms with Gasteiger partial charge in [-0.1, -0.05) is 6.92 Å². The van der Waals surface area contributed by atoms with Crippen LogP contribution < -0.4 is 10.6 Å². The molecule has 1 heterocycles. The van der Waals surface area contributed by atoms with Crippen LogP contribution in [-0.2, 0) is 0 Å². The van der Waals surface area contributed by atoms with Crippen LogP contribution in [0.1, 0.15) is 19.2 Å². The lowest BCUT2D eigenvalue weighted by molar-refractivity contribution is 0.132. The second-order valence-electron chi connectivity index (χ2n) is 4.01. The van der Waals surface area contributed by atoms with Crippen LogP contribution in [0.5, 0.6) is 0 Å². The van der Waals surface area contributed by atoms with E-state index in [1.54, 1.807) is 20.0 Å². The van der Waals surface area contributed by atoms with Crippen LogP contribution in [-0.4, -0.2) is 46.0 Å². The predicted molar refractivity (Wildman–Crippen MR) is 67.1 cm³/mol. The summed E-state index contributed by atoms with van der Waals surface area (Å²) in [4.78, 5) is 8.40. The molecule has 6 nitrogen and oxygen atoms in total. The van der Waals surface area contributed by atoms with Crippen LogP contribution >= 0.6 is 0 Å². The van der Waals surface area contributed by atoms with E-state index in [1.807, 2.05) is 6.92 Å². The maximum atomic E-state index is 9.35. The number of aryl methyl sites for hydroxylation is 1. The number of nitrogens with one attached hydrogen (secondary N) is 2. The second kappa shape index (κ2) is 5.79. The van der Waals surface area contributed by atoms with Crippen LogP contribution in [0, 0.1) is 6.92 Å². The molecule has 0 aliphatic carbocycles. The van der Waals surface area contributed by atoms with Gasteiger partial charge in [-0.05, 0) is 13.3 Å². The van der Waals surface area contributed by atoms with Crippen molar-refractivity contribution < 1.29 is 10.2 Å². The molecule has 0 aliphatic heterocycles. The average Bonchev–Trinajstić information content (AvgIpc) is 2.35. The van der Waals surface area contributed by atoms with Crippen molar-refractivity contribution in [1.29, 1.82) is 0 Å². The third-order valence-electron chi connectivity index (χ3n) is 2.77. The Morgan fingerprint density at radius 1 is 1.24 bits per heavy atom. The van der Waals surface area contributed by atoms with Gasteiger partial charge in [0.25, 0.3) is 0 Å². The molecule has 0 spiro atoms. The zero-order valence-corrected chi connectivity index (χ0v) is 10.5. The van der Waals surface area contributed by atoms with Gasteiger partial charge in [-0.3, -0.25) is 0 Å². The molecule has 0 aromatic carbocycles. The van der Waals surface area contributed by atoms with Crippen molar-refractivity contribution in [3.63, 3.8) is 0 Å². The number of hydrogen-bond donors (Lipinski definition) is 4. The fourth-order valence-electron chi connectivity index (χ4n) is 1.47. The summed E-state index contributed by atoms with van der Waals surface area (Å²) in [5.74, 6) is 1.91. The zero-order chi connectivity index (χ0) is 12.9. The molecule has 0 fully saturated rings. The van der Waals surface area contributed by atoms with E-state index in [4.69, 9.17) is 0 Å². The van der Waals surface area contributed by atoms with E-state index in [9.17, 15) is 10.2 Å². The summed E-state index contributed by atoms with van der Waals surface area (Å²) in [5.41, 5.74) is -0.744. The number of aliphatic hydroxyl groups excluding tert-OH is 2. The summed E-state index contributed by atoms with van der Waals surface area (Å²) in [6.45, 7) is 3.37. The monoisotopic (exact) mass is 240 g/mol. The first kappa shape index (κ1) is 13.7. The number of hydrogen-bond acceptors (Lipinski definition) is 6. The molecule has 1 aromatic rings. The van der Waals surface area contributed by atoms with Crippen LogP contribution in [0.3, 0.4) is 0 Å². The quantitative estimate of drug-likeness (QED) is 0.574. The first-order valence-electron chi connectivity index (χ1n) is 5.62. The van der Waals surface area contributed by atoms with E-state index in [-0.39, 0.29) is 13.2 Å². The zero-order valence-electron chi connectivity index (χ0n) is 10.5. The maximum absolute atomic E-state index is 9.35. The van der Waals surface area contributed by atoms with Gasteiger partial charge in [0.1, 0.15) is 17.5 Å². The van der Waals surface area contributed by atoms with Crippen LogP contribution in [0.4, 0.5) is 11.6 Å². The molecule has 0 bridgehead atoms. The smallest absolute Gasteiger partial charge is 0.132 e. The Hall–Kier alpha value is -1.40. The lowest BCUT2D eigenvalue weighted by Crippen LogP contribution is -2.45. The molecular formula is C11H20N4O2. The van der Waals surface area contributed by atoms with Gasteiger partial charge in [0.15, 0.2) is 0 Å². The van der Waals surface area contributed by atoms with E-state index >= 15 is 0 Å². The van der Waals surface area contributed by atoms with Gasteiger partial charge in [0, 0.05) is 13.1 Å². The molecule has 0 amide bonds. The van der Waals surface area contributed by atoms with E-state index < -0.39 is 5.54 Å². The number of anilines is 2. The van der Waals surface area contributed by atoms with Crippen molar-refractivity contribution in [3.8, 4) is 0 Å². The molecule has 0 aliphatic rings. The second-order valence-corrected chi connectivity index (χ2v) is 4.01. The summed E-state index contributed by atoms with van der Waals surface area (Å²) in [6.07, 6.45) is 0.595. The summed E-state index contributed by atoms with van der Waals surface area (Å²) >= 11 is 0. The predicted octanol–water partition coefficient (Wildman–Crippen LogP) is 0.372. The van der Waals surface area contributed by atoms with Crippen LogP contribution in [0.2, 0.25) is 0 Å². The number of nitrogens with zero attached hydrogens (tertiary/aromatic N) is 2. The Labute approximate surface area is 101 Å². The minimum absolute atomic E-state index is 0.155. The van der Waals surface area contributed by atoms with Crippen LogP contribution in [0.25, 0.3) is 0 Å². The summed E-state index contributed by atoms with van der Waals surface area (Å²) in [7, 11) is 1.77. The minimum Gasteiger partial charge on any atom is -0.394 e.